The summed E-state index contributed by atoms with van der Waals surface area (Å²) in [7, 11) is 10.7. The Morgan fingerprint density at radius 2 is 1.10 bits per heavy atom. The van der Waals surface area contributed by atoms with E-state index < -0.39 is 18.9 Å². The molecule has 154 valence electrons. The molecule has 4 rings (SSSR count). The van der Waals surface area contributed by atoms with Gasteiger partial charge < -0.3 is 0 Å². The molecule has 0 heterocycles. The first kappa shape index (κ1) is 24.3. The summed E-state index contributed by atoms with van der Waals surface area (Å²) in [4.78, 5) is 0. The first-order chi connectivity index (χ1) is 14.1. The summed E-state index contributed by atoms with van der Waals surface area (Å²) < 4.78 is 1.89. The molecule has 0 aliphatic carbocycles. The number of hydrogen-bond acceptors (Lipinski definition) is 0. The van der Waals surface area contributed by atoms with Gasteiger partial charge in [0.1, 0.15) is 0 Å². The van der Waals surface area contributed by atoms with Crippen LogP contribution in [0.25, 0.3) is 21.5 Å². The number of halogens is 2. The topological polar surface area (TPSA) is 0 Å². The number of hydrogen-bond donors (Lipinski definition) is 0. The van der Waals surface area contributed by atoms with Gasteiger partial charge in [0.05, 0.1) is 0 Å². The first-order valence-electron chi connectivity index (χ1n) is 10.3. The maximum absolute atomic E-state index is 5.37. The molecular formula is C26H30Cl2Zr-2. The standard InChI is InChI=1S/2C12H13.C2H4.2ClH.Zr/c2*1-2-5-10-8-9-11-6-3-4-7-12(10)11;1-2;;;/h2*3-4,6-9H,2,5H2,1H3;1H,2H3;2*1H;/q2*-1;;;;+2/p-2. The van der Waals surface area contributed by atoms with Gasteiger partial charge in [0.2, 0.25) is 0 Å². The van der Waals surface area contributed by atoms with E-state index in [0.717, 1.165) is 0 Å². The van der Waals surface area contributed by atoms with Crippen molar-refractivity contribution < 1.29 is 18.9 Å². The second-order valence-corrected chi connectivity index (χ2v) is 15.8. The van der Waals surface area contributed by atoms with Gasteiger partial charge in [-0.2, -0.15) is 12.1 Å². The normalized spacial score (nSPS) is 10.1. The second-order valence-electron chi connectivity index (χ2n) is 6.97. The summed E-state index contributed by atoms with van der Waals surface area (Å²) in [6.07, 6.45) is 4.86. The van der Waals surface area contributed by atoms with Crippen LogP contribution in [0.1, 0.15) is 44.7 Å². The van der Waals surface area contributed by atoms with Gasteiger partial charge in [0, 0.05) is 0 Å². The van der Waals surface area contributed by atoms with E-state index in [1.807, 2.05) is 10.6 Å². The van der Waals surface area contributed by atoms with Crippen LogP contribution in [0.4, 0.5) is 0 Å². The summed E-state index contributed by atoms with van der Waals surface area (Å²) in [6.45, 7) is 6.35. The Hall–Kier alpha value is -1.01. The third-order valence-electron chi connectivity index (χ3n) is 4.80. The molecule has 0 saturated heterocycles. The third-order valence-corrected chi connectivity index (χ3v) is 8.45. The van der Waals surface area contributed by atoms with E-state index in [1.165, 1.54) is 58.4 Å². The molecule has 3 heteroatoms. The van der Waals surface area contributed by atoms with Crippen LogP contribution in [0, 0.1) is 0 Å². The molecule has 0 aliphatic heterocycles. The summed E-state index contributed by atoms with van der Waals surface area (Å²) in [6, 6.07) is 26.1. The van der Waals surface area contributed by atoms with Crippen LogP contribution in [0.2, 0.25) is 0 Å². The van der Waals surface area contributed by atoms with Crippen molar-refractivity contribution in [2.75, 3.05) is 0 Å². The van der Waals surface area contributed by atoms with Gasteiger partial charge in [-0.25, -0.2) is 0 Å². The molecule has 0 saturated carbocycles. The quantitative estimate of drug-likeness (QED) is 0.244. The van der Waals surface area contributed by atoms with Crippen molar-refractivity contribution in [1.82, 2.24) is 0 Å². The predicted molar refractivity (Wildman–Crippen MR) is 131 cm³/mol. The van der Waals surface area contributed by atoms with Crippen LogP contribution < -0.4 is 0 Å². The second kappa shape index (κ2) is 13.3. The number of fused-ring (bicyclic) bond motifs is 2. The molecule has 0 amide bonds. The SMILES string of the molecule is CCC[c-]1ccc2ccccc21.CCC[c-]1ccc2ccccc21.C[CH]=[Zr]([Cl])[Cl]. The molecule has 0 radical (unpaired) electrons. The summed E-state index contributed by atoms with van der Waals surface area (Å²) in [5.74, 6) is 0. The fraction of sp³-hybridized carbons (Fsp3) is 0.269. The van der Waals surface area contributed by atoms with Gasteiger partial charge >= 0.3 is 46.5 Å². The summed E-state index contributed by atoms with van der Waals surface area (Å²) in [5, 5.41) is 5.61. The van der Waals surface area contributed by atoms with Crippen molar-refractivity contribution in [3.05, 3.63) is 83.9 Å². The van der Waals surface area contributed by atoms with Crippen molar-refractivity contribution in [3.8, 4) is 0 Å². The number of rotatable bonds is 4. The zero-order valence-corrected chi connectivity index (χ0v) is 21.6. The van der Waals surface area contributed by atoms with E-state index in [4.69, 9.17) is 17.0 Å². The fourth-order valence-electron chi connectivity index (χ4n) is 3.40. The molecule has 0 aliphatic rings. The van der Waals surface area contributed by atoms with Crippen molar-refractivity contribution in [2.24, 2.45) is 0 Å². The number of benzene rings is 2. The average molecular weight is 505 g/mol. The molecule has 0 atom stereocenters. The van der Waals surface area contributed by atoms with Crippen molar-refractivity contribution in [1.29, 1.82) is 0 Å². The van der Waals surface area contributed by atoms with Crippen molar-refractivity contribution in [3.63, 3.8) is 0 Å². The minimum absolute atomic E-state index is 1.20. The summed E-state index contributed by atoms with van der Waals surface area (Å²) in [5.41, 5.74) is 2.99. The van der Waals surface area contributed by atoms with Gasteiger partial charge in [-0.3, -0.25) is 0 Å². The zero-order chi connectivity index (χ0) is 21.1. The average Bonchev–Trinajstić information content (AvgIpc) is 3.34. The Bertz CT molecular complexity index is 943. The molecule has 0 spiro atoms. The molecule has 0 fully saturated rings. The third kappa shape index (κ3) is 7.64. The van der Waals surface area contributed by atoms with E-state index in [2.05, 4.69) is 86.6 Å². The molecule has 0 nitrogen and oxygen atoms in total. The zero-order valence-electron chi connectivity index (χ0n) is 17.6. The van der Waals surface area contributed by atoms with E-state index in [9.17, 15) is 0 Å². The van der Waals surface area contributed by atoms with Crippen LogP contribution in [-0.4, -0.2) is 3.71 Å². The molecule has 0 bridgehead atoms. The monoisotopic (exact) mass is 502 g/mol. The Labute approximate surface area is 190 Å². The van der Waals surface area contributed by atoms with E-state index in [0.29, 0.717) is 0 Å². The van der Waals surface area contributed by atoms with Crippen molar-refractivity contribution >= 4 is 42.3 Å². The van der Waals surface area contributed by atoms with Crippen LogP contribution in [-0.2, 0) is 31.7 Å². The van der Waals surface area contributed by atoms with E-state index in [1.54, 1.807) is 0 Å². The van der Waals surface area contributed by atoms with Crippen LogP contribution in [0.3, 0.4) is 0 Å². The molecule has 0 unspecified atom stereocenters. The maximum atomic E-state index is 5.37. The first-order valence-corrected chi connectivity index (χ1v) is 18.1. The molecule has 0 aromatic heterocycles. The van der Waals surface area contributed by atoms with Gasteiger partial charge in [0.25, 0.3) is 0 Å². The molecular weight excluding hydrogens is 474 g/mol. The summed E-state index contributed by atoms with van der Waals surface area (Å²) >= 11 is -1.76. The van der Waals surface area contributed by atoms with Crippen molar-refractivity contribution in [2.45, 2.75) is 46.5 Å². The van der Waals surface area contributed by atoms with Gasteiger partial charge in [-0.1, -0.05) is 51.7 Å². The van der Waals surface area contributed by atoms with Gasteiger partial charge in [-0.05, 0) is 0 Å². The van der Waals surface area contributed by atoms with Crippen LogP contribution in [0.5, 0.6) is 0 Å². The van der Waals surface area contributed by atoms with Crippen LogP contribution in [0.15, 0.2) is 72.8 Å². The number of aryl methyl sites for hydroxylation is 2. The fourth-order valence-corrected chi connectivity index (χ4v) is 3.40. The molecule has 4 aromatic carbocycles. The Balaban J connectivity index is 0.000000170. The van der Waals surface area contributed by atoms with E-state index >= 15 is 0 Å². The van der Waals surface area contributed by atoms with E-state index in [-0.39, 0.29) is 0 Å². The molecule has 4 aromatic rings. The minimum atomic E-state index is -1.76. The Morgan fingerprint density at radius 1 is 0.724 bits per heavy atom. The predicted octanol–water partition coefficient (Wildman–Crippen LogP) is 8.76. The molecule has 0 N–H and O–H groups in total. The Kier molecular flexibility index (Phi) is 11.2. The Morgan fingerprint density at radius 3 is 1.45 bits per heavy atom. The van der Waals surface area contributed by atoms with Gasteiger partial charge in [-0.15, -0.1) is 81.2 Å². The van der Waals surface area contributed by atoms with Gasteiger partial charge in [0.15, 0.2) is 0 Å². The molecule has 29 heavy (non-hydrogen) atoms. The van der Waals surface area contributed by atoms with Crippen LogP contribution >= 0.6 is 17.0 Å².